The van der Waals surface area contributed by atoms with E-state index in [1.54, 1.807) is 13.0 Å². The Hall–Kier alpha value is -5.72. The first-order valence-electron chi connectivity index (χ1n) is 20.2. The van der Waals surface area contributed by atoms with Gasteiger partial charge in [0.25, 0.3) is 0 Å². The van der Waals surface area contributed by atoms with Crippen LogP contribution in [0.15, 0.2) is 88.5 Å². The summed E-state index contributed by atoms with van der Waals surface area (Å²) in [5.74, 6) is 0.447. The number of hydrogen-bond acceptors (Lipinski definition) is 13. The number of allylic oxidation sites excluding steroid dienone is 1. The van der Waals surface area contributed by atoms with E-state index < -0.39 is 55.3 Å². The van der Waals surface area contributed by atoms with E-state index in [-0.39, 0.29) is 41.1 Å². The molecular formula is C45H47N3O13. The maximum Gasteiger partial charge on any atom is 0.220 e. The van der Waals surface area contributed by atoms with Crippen molar-refractivity contribution in [2.75, 3.05) is 19.8 Å². The van der Waals surface area contributed by atoms with Gasteiger partial charge in [0, 0.05) is 73.2 Å². The summed E-state index contributed by atoms with van der Waals surface area (Å²) in [7, 11) is 0. The van der Waals surface area contributed by atoms with Crippen molar-refractivity contribution in [2.45, 2.75) is 74.6 Å². The Morgan fingerprint density at radius 2 is 1.85 bits per heavy atom. The predicted molar refractivity (Wildman–Crippen MR) is 220 cm³/mol. The van der Waals surface area contributed by atoms with Crippen molar-refractivity contribution >= 4 is 38.6 Å². The van der Waals surface area contributed by atoms with E-state index in [2.05, 4.69) is 16.4 Å². The molecular weight excluding hydrogens is 791 g/mol. The van der Waals surface area contributed by atoms with Crippen LogP contribution in [0.4, 0.5) is 0 Å². The molecule has 16 nitrogen and oxygen atoms in total. The standard InChI is InChI=1S/C45H47N3O13/c1-23-11-35(52)32-12-27-13-37(61-58-22-44(57,43(56)40(55)36(53)21-49)16-25-4-7-34(51)30-6-5-29(50)15-31(25)30)45(9-2-3-24(17-45)28-14-38(54)47-18-28)60-41(27)39(42(32)59-23)48-19-26-8-10-46-33(26)20-48/h2-8,10-12,15,19-20,24,28,36-37,40,43,46,49-51,53,55-57H,9,13-14,16-18,21-22H2,1H3,(H,47,54)/t24-,28+,36-,37-,40-,43+,44+,45-/m1/s1. The average Bonchev–Trinajstić information content (AvgIpc) is 3.98. The number of aromatic hydroxyl groups is 2. The molecule has 1 spiro atoms. The highest BCUT2D eigenvalue weighted by Gasteiger charge is 2.52. The lowest BCUT2D eigenvalue weighted by atomic mass is 9.71. The number of aromatic nitrogens is 2. The zero-order valence-electron chi connectivity index (χ0n) is 33.2. The molecule has 1 fully saturated rings. The molecule has 3 aliphatic rings. The Labute approximate surface area is 347 Å². The molecule has 0 saturated carbocycles. The first-order chi connectivity index (χ1) is 29.3. The van der Waals surface area contributed by atoms with Crippen LogP contribution in [-0.4, -0.2) is 107 Å². The summed E-state index contributed by atoms with van der Waals surface area (Å²) >= 11 is 0. The van der Waals surface area contributed by atoms with Crippen molar-refractivity contribution in [1.29, 1.82) is 0 Å². The van der Waals surface area contributed by atoms with Crippen LogP contribution in [0.25, 0.3) is 38.3 Å². The highest BCUT2D eigenvalue weighted by molar-refractivity contribution is 5.92. The Morgan fingerprint density at radius 1 is 1.02 bits per heavy atom. The number of nitrogens with zero attached hydrogens (tertiary/aromatic N) is 1. The Bertz CT molecular complexity index is 2710. The number of ether oxygens (including phenoxy) is 1. The largest absolute Gasteiger partial charge is 0.508 e. The molecule has 61 heavy (non-hydrogen) atoms. The lowest BCUT2D eigenvalue weighted by molar-refractivity contribution is -0.373. The normalized spacial score (nSPS) is 23.8. The summed E-state index contributed by atoms with van der Waals surface area (Å²) in [5.41, 5.74) is -1.18. The lowest BCUT2D eigenvalue weighted by Gasteiger charge is -2.47. The van der Waals surface area contributed by atoms with Crippen molar-refractivity contribution in [2.24, 2.45) is 11.8 Å². The Morgan fingerprint density at radius 3 is 2.62 bits per heavy atom. The molecule has 3 aromatic carbocycles. The first kappa shape index (κ1) is 40.7. The number of aliphatic hydroxyl groups is 5. The van der Waals surface area contributed by atoms with Crippen molar-refractivity contribution in [1.82, 2.24) is 14.9 Å². The van der Waals surface area contributed by atoms with Crippen LogP contribution >= 0.6 is 0 Å². The molecule has 2 aliphatic heterocycles. The fraction of sp³-hybridized carbons (Fsp3) is 0.378. The zero-order valence-corrected chi connectivity index (χ0v) is 33.2. The maximum absolute atomic E-state index is 13.6. The molecule has 1 amide bonds. The zero-order chi connectivity index (χ0) is 42.8. The van der Waals surface area contributed by atoms with E-state index in [4.69, 9.17) is 18.9 Å². The van der Waals surface area contributed by atoms with E-state index in [1.807, 2.05) is 35.3 Å². The minimum Gasteiger partial charge on any atom is -0.508 e. The first-order valence-corrected chi connectivity index (χ1v) is 20.2. The average molecular weight is 838 g/mol. The van der Waals surface area contributed by atoms with Crippen LogP contribution in [0.1, 0.15) is 36.1 Å². The molecule has 320 valence electrons. The quantitative estimate of drug-likeness (QED) is 0.0489. The number of aromatic amines is 1. The molecule has 8 atom stereocenters. The minimum absolute atomic E-state index is 0.0335. The van der Waals surface area contributed by atoms with Crippen molar-refractivity contribution in [3.63, 3.8) is 0 Å². The highest BCUT2D eigenvalue weighted by atomic mass is 17.2. The smallest absolute Gasteiger partial charge is 0.220 e. The molecule has 0 bridgehead atoms. The SMILES string of the molecule is Cc1cc(=O)c2cc3c(c(-n4cc5cc[nH]c5c4)c2o1)O[C@@]1(CC=C[C@@H]([C@@H]2CNC(=O)C2)C1)[C@H](OOC[C@@](O)(Cc1ccc(O)c2ccc(O)cc12)[C@@H](O)[C@H](O)[C@H](O)CO)C3. The third-order valence-corrected chi connectivity index (χ3v) is 12.6. The molecule has 1 aliphatic carbocycles. The maximum atomic E-state index is 13.6. The third-order valence-electron chi connectivity index (χ3n) is 12.6. The van der Waals surface area contributed by atoms with Crippen molar-refractivity contribution in [3.05, 3.63) is 106 Å². The summed E-state index contributed by atoms with van der Waals surface area (Å²) in [6.07, 6.45) is 3.54. The summed E-state index contributed by atoms with van der Waals surface area (Å²) < 4.78 is 15.3. The molecule has 0 unspecified atom stereocenters. The van der Waals surface area contributed by atoms with E-state index >= 15 is 0 Å². The predicted octanol–water partition coefficient (Wildman–Crippen LogP) is 3.08. The molecule has 9 rings (SSSR count). The molecule has 6 aromatic rings. The summed E-state index contributed by atoms with van der Waals surface area (Å²) in [6.45, 7) is 0.477. The van der Waals surface area contributed by atoms with Gasteiger partial charge in [0.2, 0.25) is 5.91 Å². The second-order valence-corrected chi connectivity index (χ2v) is 16.7. The fourth-order valence-corrected chi connectivity index (χ4v) is 9.33. The number of amides is 1. The number of carbonyl (C=O) groups is 1. The Kier molecular flexibility index (Phi) is 10.4. The monoisotopic (exact) mass is 837 g/mol. The molecule has 5 heterocycles. The van der Waals surface area contributed by atoms with Gasteiger partial charge in [-0.15, -0.1) is 0 Å². The number of aliphatic hydroxyl groups excluding tert-OH is 4. The number of nitrogens with one attached hydrogen (secondary N) is 2. The van der Waals surface area contributed by atoms with Crippen LogP contribution in [0.2, 0.25) is 0 Å². The number of aryl methyl sites for hydroxylation is 1. The third kappa shape index (κ3) is 7.33. The van der Waals surface area contributed by atoms with Gasteiger partial charge in [-0.05, 0) is 72.5 Å². The molecule has 16 heteroatoms. The molecule has 3 aromatic heterocycles. The van der Waals surface area contributed by atoms with Crippen LogP contribution in [0.3, 0.4) is 0 Å². The molecule has 9 N–H and O–H groups in total. The number of H-pyrrole nitrogens is 1. The summed E-state index contributed by atoms with van der Waals surface area (Å²) in [4.78, 5) is 41.4. The van der Waals surface area contributed by atoms with Gasteiger partial charge in [0.15, 0.2) is 16.8 Å². The number of rotatable bonds is 12. The van der Waals surface area contributed by atoms with E-state index in [0.717, 1.165) is 10.9 Å². The number of hydrogen-bond donors (Lipinski definition) is 9. The van der Waals surface area contributed by atoms with Gasteiger partial charge in [-0.2, -0.15) is 0 Å². The number of phenolic OH excluding ortho intramolecular Hbond substituents is 2. The van der Waals surface area contributed by atoms with Gasteiger partial charge in [0.1, 0.15) is 65.2 Å². The van der Waals surface area contributed by atoms with Crippen LogP contribution in [-0.2, 0) is 27.4 Å². The molecule has 0 radical (unpaired) electrons. The van der Waals surface area contributed by atoms with Gasteiger partial charge in [0.05, 0.1) is 17.5 Å². The van der Waals surface area contributed by atoms with E-state index in [9.17, 15) is 45.3 Å². The van der Waals surface area contributed by atoms with Gasteiger partial charge >= 0.3 is 0 Å². The van der Waals surface area contributed by atoms with Crippen molar-refractivity contribution < 1.29 is 59.5 Å². The van der Waals surface area contributed by atoms with Crippen LogP contribution in [0.5, 0.6) is 17.2 Å². The number of carbonyl (C=O) groups excluding carboxylic acids is 1. The van der Waals surface area contributed by atoms with E-state index in [0.29, 0.717) is 75.9 Å². The summed E-state index contributed by atoms with van der Waals surface area (Å²) in [6, 6.07) is 12.2. The van der Waals surface area contributed by atoms with Gasteiger partial charge < -0.3 is 59.8 Å². The fourth-order valence-electron chi connectivity index (χ4n) is 9.33. The number of phenols is 2. The second kappa shape index (κ2) is 15.6. The van der Waals surface area contributed by atoms with Gasteiger partial charge in [-0.25, -0.2) is 9.78 Å². The van der Waals surface area contributed by atoms with E-state index in [1.165, 1.54) is 36.4 Å². The summed E-state index contributed by atoms with van der Waals surface area (Å²) in [5, 5.41) is 80.3. The van der Waals surface area contributed by atoms with Gasteiger partial charge in [-0.1, -0.05) is 18.2 Å². The second-order valence-electron chi connectivity index (χ2n) is 16.7. The number of benzene rings is 3. The van der Waals surface area contributed by atoms with Crippen LogP contribution < -0.4 is 15.5 Å². The lowest BCUT2D eigenvalue weighted by Crippen LogP contribution is -2.58. The topological polar surface area (TPSA) is 249 Å². The minimum atomic E-state index is -2.41. The van der Waals surface area contributed by atoms with Crippen molar-refractivity contribution in [3.8, 4) is 22.9 Å². The van der Waals surface area contributed by atoms with Crippen LogP contribution in [0, 0.1) is 18.8 Å². The van der Waals surface area contributed by atoms with Gasteiger partial charge in [-0.3, -0.25) is 9.59 Å². The molecule has 1 saturated heterocycles. The number of fused-ring (bicyclic) bond motifs is 4. The Balaban J connectivity index is 1.11. The highest BCUT2D eigenvalue weighted by Crippen LogP contribution is 2.49.